The molecule has 142 valence electrons. The molecule has 0 bridgehead atoms. The van der Waals surface area contributed by atoms with Crippen molar-refractivity contribution in [3.05, 3.63) is 29.8 Å². The van der Waals surface area contributed by atoms with Crippen molar-refractivity contribution in [1.82, 2.24) is 10.6 Å². The fourth-order valence-corrected chi connectivity index (χ4v) is 2.03. The zero-order valence-electron chi connectivity index (χ0n) is 15.1. The summed E-state index contributed by atoms with van der Waals surface area (Å²) in [6.07, 6.45) is 1.13. The van der Waals surface area contributed by atoms with E-state index in [0.717, 1.165) is 5.56 Å². The predicted octanol–water partition coefficient (Wildman–Crippen LogP) is 0.416. The summed E-state index contributed by atoms with van der Waals surface area (Å²) in [6.45, 7) is 1.43. The first-order valence-electron chi connectivity index (χ1n) is 8.34. The third kappa shape index (κ3) is 9.53. The minimum absolute atomic E-state index is 0.0858. The molecule has 0 aliphatic rings. The molecule has 8 heteroatoms. The normalized spacial score (nSPS) is 10.1. The van der Waals surface area contributed by atoms with Crippen LogP contribution in [0, 0.1) is 0 Å². The van der Waals surface area contributed by atoms with Gasteiger partial charge < -0.3 is 20.7 Å². The van der Waals surface area contributed by atoms with Crippen LogP contribution in [-0.4, -0.2) is 50.3 Å². The van der Waals surface area contributed by atoms with Crippen LogP contribution >= 0.6 is 0 Å². The highest BCUT2D eigenvalue weighted by molar-refractivity contribution is 5.91. The average molecular weight is 363 g/mol. The second-order valence-corrected chi connectivity index (χ2v) is 5.71. The molecule has 26 heavy (non-hydrogen) atoms. The molecule has 3 amide bonds. The molecule has 0 saturated carbocycles. The first kappa shape index (κ1) is 21.3. The summed E-state index contributed by atoms with van der Waals surface area (Å²) in [7, 11) is 1.55. The monoisotopic (exact) mass is 363 g/mol. The molecular weight excluding hydrogens is 338 g/mol. The number of hydrogen-bond acceptors (Lipinski definition) is 5. The minimum atomic E-state index is -0.338. The molecule has 0 spiro atoms. The van der Waals surface area contributed by atoms with Crippen LogP contribution in [0.15, 0.2) is 24.3 Å². The zero-order valence-corrected chi connectivity index (χ0v) is 15.1. The molecule has 1 aromatic carbocycles. The van der Waals surface area contributed by atoms with Gasteiger partial charge in [0.15, 0.2) is 5.78 Å². The van der Waals surface area contributed by atoms with Gasteiger partial charge in [0.05, 0.1) is 0 Å². The number of aryl methyl sites for hydroxylation is 1. The lowest BCUT2D eigenvalue weighted by molar-refractivity contribution is -0.126. The van der Waals surface area contributed by atoms with Crippen molar-refractivity contribution in [2.24, 2.45) is 0 Å². The van der Waals surface area contributed by atoms with Crippen LogP contribution in [0.3, 0.4) is 0 Å². The van der Waals surface area contributed by atoms with Gasteiger partial charge in [0.2, 0.25) is 17.7 Å². The van der Waals surface area contributed by atoms with Gasteiger partial charge >= 0.3 is 0 Å². The van der Waals surface area contributed by atoms with E-state index >= 15 is 0 Å². The zero-order chi connectivity index (χ0) is 19.4. The molecule has 1 rings (SSSR count). The maximum atomic E-state index is 11.7. The van der Waals surface area contributed by atoms with Gasteiger partial charge in [-0.3, -0.25) is 19.2 Å². The number of ketones is 1. The molecule has 0 atom stereocenters. The summed E-state index contributed by atoms with van der Waals surface area (Å²) < 4.78 is 4.94. The largest absolute Gasteiger partial charge is 0.364 e. The first-order chi connectivity index (χ1) is 12.4. The SMILES string of the molecule is CNC(=O)CCNC(=O)CCc1ccc(NC(=O)COCC(C)=O)cc1. The number of rotatable bonds is 11. The van der Waals surface area contributed by atoms with Crippen molar-refractivity contribution >= 4 is 29.2 Å². The van der Waals surface area contributed by atoms with Crippen molar-refractivity contribution in [3.8, 4) is 0 Å². The Morgan fingerprint density at radius 3 is 2.23 bits per heavy atom. The highest BCUT2D eigenvalue weighted by atomic mass is 16.5. The van der Waals surface area contributed by atoms with E-state index in [1.807, 2.05) is 12.1 Å². The number of amides is 3. The topological polar surface area (TPSA) is 114 Å². The average Bonchev–Trinajstić information content (AvgIpc) is 2.60. The molecule has 3 N–H and O–H groups in total. The third-order valence-corrected chi connectivity index (χ3v) is 3.37. The number of nitrogens with one attached hydrogen (secondary N) is 3. The number of hydrogen-bond donors (Lipinski definition) is 3. The second kappa shape index (κ2) is 11.8. The predicted molar refractivity (Wildman–Crippen MR) is 96.6 cm³/mol. The van der Waals surface area contributed by atoms with Gasteiger partial charge in [-0.25, -0.2) is 0 Å². The van der Waals surface area contributed by atoms with E-state index in [1.165, 1.54) is 6.92 Å². The summed E-state index contributed by atoms with van der Waals surface area (Å²) in [4.78, 5) is 45.1. The minimum Gasteiger partial charge on any atom is -0.364 e. The van der Waals surface area contributed by atoms with Crippen LogP contribution in [0.2, 0.25) is 0 Å². The first-order valence-corrected chi connectivity index (χ1v) is 8.34. The van der Waals surface area contributed by atoms with Crippen LogP contribution in [0.25, 0.3) is 0 Å². The van der Waals surface area contributed by atoms with E-state index in [4.69, 9.17) is 4.74 Å². The molecule has 0 unspecified atom stereocenters. The van der Waals surface area contributed by atoms with Crippen molar-refractivity contribution in [2.75, 3.05) is 32.1 Å². The molecule has 1 aromatic rings. The molecule has 0 aliphatic carbocycles. The van der Waals surface area contributed by atoms with E-state index in [-0.39, 0.29) is 43.1 Å². The summed E-state index contributed by atoms with van der Waals surface area (Å²) >= 11 is 0. The van der Waals surface area contributed by atoms with Gasteiger partial charge in [0, 0.05) is 32.1 Å². The Balaban J connectivity index is 2.29. The highest BCUT2D eigenvalue weighted by Crippen LogP contribution is 2.11. The van der Waals surface area contributed by atoms with Crippen molar-refractivity contribution in [2.45, 2.75) is 26.2 Å². The Bertz CT molecular complexity index is 628. The van der Waals surface area contributed by atoms with E-state index in [0.29, 0.717) is 25.1 Å². The summed E-state index contributed by atoms with van der Waals surface area (Å²) in [6, 6.07) is 7.12. The number of carbonyl (C=O) groups excluding carboxylic acids is 4. The lowest BCUT2D eigenvalue weighted by atomic mass is 10.1. The van der Waals surface area contributed by atoms with Gasteiger partial charge in [0.1, 0.15) is 13.2 Å². The van der Waals surface area contributed by atoms with Gasteiger partial charge in [-0.15, -0.1) is 0 Å². The number of Topliss-reactive ketones (excluding diaryl/α,β-unsaturated/α-hetero) is 1. The summed E-state index contributed by atoms with van der Waals surface area (Å²) in [5, 5.41) is 7.84. The van der Waals surface area contributed by atoms with Crippen molar-refractivity contribution in [3.63, 3.8) is 0 Å². The van der Waals surface area contributed by atoms with Crippen LogP contribution in [0.5, 0.6) is 0 Å². The van der Waals surface area contributed by atoms with Crippen LogP contribution in [-0.2, 0) is 30.3 Å². The molecule has 0 aliphatic heterocycles. The molecule has 8 nitrogen and oxygen atoms in total. The second-order valence-electron chi connectivity index (χ2n) is 5.71. The van der Waals surface area contributed by atoms with E-state index < -0.39 is 0 Å². The molecule has 0 radical (unpaired) electrons. The Labute approximate surface area is 152 Å². The molecule has 0 aromatic heterocycles. The van der Waals surface area contributed by atoms with Crippen molar-refractivity contribution in [1.29, 1.82) is 0 Å². The quantitative estimate of drug-likeness (QED) is 0.527. The Morgan fingerprint density at radius 1 is 0.923 bits per heavy atom. The molecule has 0 fully saturated rings. The highest BCUT2D eigenvalue weighted by Gasteiger charge is 2.06. The molecule has 0 heterocycles. The number of ether oxygens (including phenoxy) is 1. The Hall–Kier alpha value is -2.74. The lowest BCUT2D eigenvalue weighted by Crippen LogP contribution is -2.29. The number of carbonyl (C=O) groups is 4. The Kier molecular flexibility index (Phi) is 9.63. The van der Waals surface area contributed by atoms with Crippen LogP contribution in [0.1, 0.15) is 25.3 Å². The van der Waals surface area contributed by atoms with Crippen LogP contribution < -0.4 is 16.0 Å². The van der Waals surface area contributed by atoms with Gasteiger partial charge in [-0.1, -0.05) is 12.1 Å². The van der Waals surface area contributed by atoms with Gasteiger partial charge in [0.25, 0.3) is 0 Å². The standard InChI is InChI=1S/C18H25N3O5/c1-13(22)11-26-12-18(25)21-15-6-3-14(4-7-15)5-8-17(24)20-10-9-16(23)19-2/h3-4,6-7H,5,8-12H2,1-2H3,(H,19,23)(H,20,24)(H,21,25). The fourth-order valence-electron chi connectivity index (χ4n) is 2.03. The van der Waals surface area contributed by atoms with Crippen LogP contribution in [0.4, 0.5) is 5.69 Å². The van der Waals surface area contributed by atoms with E-state index in [1.54, 1.807) is 19.2 Å². The maximum Gasteiger partial charge on any atom is 0.250 e. The lowest BCUT2D eigenvalue weighted by Gasteiger charge is -2.07. The number of benzene rings is 1. The van der Waals surface area contributed by atoms with Gasteiger partial charge in [-0.05, 0) is 31.0 Å². The number of anilines is 1. The smallest absolute Gasteiger partial charge is 0.250 e. The summed E-state index contributed by atoms with van der Waals surface area (Å²) in [5.41, 5.74) is 1.57. The fraction of sp³-hybridized carbons (Fsp3) is 0.444. The van der Waals surface area contributed by atoms with Gasteiger partial charge in [-0.2, -0.15) is 0 Å². The summed E-state index contributed by atoms with van der Waals surface area (Å²) in [5.74, 6) is -0.710. The molecule has 0 saturated heterocycles. The van der Waals surface area contributed by atoms with E-state index in [9.17, 15) is 19.2 Å². The third-order valence-electron chi connectivity index (χ3n) is 3.37. The van der Waals surface area contributed by atoms with Crippen molar-refractivity contribution < 1.29 is 23.9 Å². The van der Waals surface area contributed by atoms with E-state index in [2.05, 4.69) is 16.0 Å². The maximum absolute atomic E-state index is 11.7. The molecular formula is C18H25N3O5. The Morgan fingerprint density at radius 2 is 1.62 bits per heavy atom.